The minimum Gasteiger partial charge on any atom is -0.377 e. The molecule has 0 unspecified atom stereocenters. The van der Waals surface area contributed by atoms with E-state index in [0.29, 0.717) is 0 Å². The average molecular weight is 234 g/mol. The van der Waals surface area contributed by atoms with Crippen LogP contribution in [0.2, 0.25) is 5.02 Å². The first-order valence-corrected chi connectivity index (χ1v) is 4.30. The first kappa shape index (κ1) is 11.6. The number of aromatic nitrogens is 2. The van der Waals surface area contributed by atoms with Gasteiger partial charge in [-0.05, 0) is 4.92 Å². The lowest BCUT2D eigenvalue weighted by molar-refractivity contribution is -0.389. The Balaban J connectivity index is 2.75. The third kappa shape index (κ3) is 3.00. The molecular weight excluding hydrogens is 226 g/mol. The van der Waals surface area contributed by atoms with Crippen LogP contribution in [0.4, 0.5) is 5.82 Å². The lowest BCUT2D eigenvalue weighted by Gasteiger charge is -1.95. The van der Waals surface area contributed by atoms with Crippen molar-refractivity contribution in [1.82, 2.24) is 9.78 Å². The number of hydrogen-bond donors (Lipinski definition) is 0. The normalized spacial score (nSPS) is 10.3. The fourth-order valence-electron chi connectivity index (χ4n) is 0.979. The molecule has 0 atom stereocenters. The molecule has 0 radical (unpaired) electrons. The van der Waals surface area contributed by atoms with Crippen LogP contribution in [0.25, 0.3) is 0 Å². The highest BCUT2D eigenvalue weighted by Gasteiger charge is 2.19. The number of hydrogen-bond acceptors (Lipinski definition) is 5. The Bertz CT molecular complexity index is 390. The number of rotatable bonds is 5. The number of ether oxygens (including phenoxy) is 1. The van der Waals surface area contributed by atoms with Crippen LogP contribution in [0, 0.1) is 10.1 Å². The molecule has 0 saturated carbocycles. The number of methoxy groups -OCH3 is 1. The predicted molar refractivity (Wildman–Crippen MR) is 50.8 cm³/mol. The SMILES string of the molecule is COCC(=O)Cn1cc(Cl)c([N+](=O)[O-])n1. The number of halogens is 1. The number of ketones is 1. The summed E-state index contributed by atoms with van der Waals surface area (Å²) in [6.07, 6.45) is 1.23. The molecule has 1 aromatic rings. The third-order valence-electron chi connectivity index (χ3n) is 1.52. The van der Waals surface area contributed by atoms with E-state index >= 15 is 0 Å². The van der Waals surface area contributed by atoms with Gasteiger partial charge in [-0.2, -0.15) is 4.68 Å². The van der Waals surface area contributed by atoms with E-state index in [1.54, 1.807) is 0 Å². The second kappa shape index (κ2) is 4.85. The minimum absolute atomic E-state index is 0.0642. The highest BCUT2D eigenvalue weighted by atomic mass is 35.5. The van der Waals surface area contributed by atoms with Crippen molar-refractivity contribution < 1.29 is 14.5 Å². The Kier molecular flexibility index (Phi) is 3.75. The molecule has 0 aromatic carbocycles. The van der Waals surface area contributed by atoms with Crippen molar-refractivity contribution in [3.8, 4) is 0 Å². The molecule has 0 aliphatic heterocycles. The van der Waals surface area contributed by atoms with Crippen molar-refractivity contribution in [3.63, 3.8) is 0 Å². The van der Waals surface area contributed by atoms with Crippen molar-refractivity contribution in [2.75, 3.05) is 13.7 Å². The molecule has 0 saturated heterocycles. The topological polar surface area (TPSA) is 87.3 Å². The van der Waals surface area contributed by atoms with Crippen LogP contribution in [0.3, 0.4) is 0 Å². The van der Waals surface area contributed by atoms with Gasteiger partial charge in [-0.15, -0.1) is 0 Å². The van der Waals surface area contributed by atoms with Crippen LogP contribution in [0.5, 0.6) is 0 Å². The van der Waals surface area contributed by atoms with Crippen molar-refractivity contribution in [1.29, 1.82) is 0 Å². The molecule has 0 aliphatic carbocycles. The van der Waals surface area contributed by atoms with E-state index in [-0.39, 0.29) is 24.0 Å². The summed E-state index contributed by atoms with van der Waals surface area (Å²) in [5.74, 6) is -0.701. The third-order valence-corrected chi connectivity index (χ3v) is 1.78. The molecule has 0 aliphatic rings. The molecule has 0 amide bonds. The van der Waals surface area contributed by atoms with Crippen molar-refractivity contribution in [2.24, 2.45) is 0 Å². The summed E-state index contributed by atoms with van der Waals surface area (Å²) in [7, 11) is 1.39. The number of Topliss-reactive ketones (excluding diaryl/α,β-unsaturated/α-hetero) is 1. The van der Waals surface area contributed by atoms with E-state index in [0.717, 1.165) is 4.68 Å². The predicted octanol–water partition coefficient (Wildman–Crippen LogP) is 0.660. The highest BCUT2D eigenvalue weighted by molar-refractivity contribution is 6.32. The largest absolute Gasteiger partial charge is 0.408 e. The summed E-state index contributed by atoms with van der Waals surface area (Å²) < 4.78 is 5.72. The summed E-state index contributed by atoms with van der Waals surface area (Å²) in [5, 5.41) is 13.8. The van der Waals surface area contributed by atoms with E-state index < -0.39 is 10.7 Å². The van der Waals surface area contributed by atoms with Crippen molar-refractivity contribution in [2.45, 2.75) is 6.54 Å². The molecule has 15 heavy (non-hydrogen) atoms. The Morgan fingerprint density at radius 1 is 1.80 bits per heavy atom. The van der Waals surface area contributed by atoms with Crippen molar-refractivity contribution in [3.05, 3.63) is 21.3 Å². The van der Waals surface area contributed by atoms with Crippen LogP contribution >= 0.6 is 11.6 Å². The lowest BCUT2D eigenvalue weighted by atomic mass is 10.4. The molecular formula is C7H8ClN3O4. The monoisotopic (exact) mass is 233 g/mol. The van der Waals surface area contributed by atoms with Gasteiger partial charge in [0.05, 0.1) is 11.3 Å². The molecule has 0 fully saturated rings. The Hall–Kier alpha value is -1.47. The first-order chi connectivity index (χ1) is 7.04. The Morgan fingerprint density at radius 3 is 2.93 bits per heavy atom. The molecule has 1 heterocycles. The zero-order chi connectivity index (χ0) is 11.4. The number of carbonyl (C=O) groups excluding carboxylic acids is 1. The molecule has 1 rings (SSSR count). The van der Waals surface area contributed by atoms with Crippen LogP contribution in [0.1, 0.15) is 0 Å². The smallest absolute Gasteiger partial charge is 0.377 e. The van der Waals surface area contributed by atoms with Gasteiger partial charge in [0.2, 0.25) is 0 Å². The van der Waals surface area contributed by atoms with E-state index in [1.807, 2.05) is 0 Å². The van der Waals surface area contributed by atoms with Gasteiger partial charge < -0.3 is 14.9 Å². The quantitative estimate of drug-likeness (QED) is 0.551. The second-order valence-corrected chi connectivity index (χ2v) is 3.13. The molecule has 8 heteroatoms. The van der Waals surface area contributed by atoms with Crippen LogP contribution in [0.15, 0.2) is 6.20 Å². The van der Waals surface area contributed by atoms with Crippen molar-refractivity contribution >= 4 is 23.2 Å². The van der Waals surface area contributed by atoms with Crippen LogP contribution in [-0.4, -0.2) is 34.2 Å². The Labute approximate surface area is 89.7 Å². The molecule has 0 N–H and O–H groups in total. The van der Waals surface area contributed by atoms with Gasteiger partial charge in [0, 0.05) is 7.11 Å². The van der Waals surface area contributed by atoms with Gasteiger partial charge in [0.25, 0.3) is 0 Å². The van der Waals surface area contributed by atoms with Gasteiger partial charge in [0.1, 0.15) is 13.2 Å². The number of carbonyl (C=O) groups is 1. The summed E-state index contributed by atoms with van der Waals surface area (Å²) in [4.78, 5) is 20.8. The summed E-state index contributed by atoms with van der Waals surface area (Å²) in [6, 6.07) is 0. The van der Waals surface area contributed by atoms with E-state index in [2.05, 4.69) is 9.84 Å². The van der Waals surface area contributed by atoms with Gasteiger partial charge in [-0.3, -0.25) is 4.79 Å². The Morgan fingerprint density at radius 2 is 2.47 bits per heavy atom. The van der Waals surface area contributed by atoms with E-state index in [4.69, 9.17) is 11.6 Å². The van der Waals surface area contributed by atoms with Crippen LogP contribution < -0.4 is 0 Å². The number of nitro groups is 1. The molecule has 82 valence electrons. The maximum Gasteiger partial charge on any atom is 0.408 e. The zero-order valence-electron chi connectivity index (χ0n) is 7.84. The maximum atomic E-state index is 11.1. The van der Waals surface area contributed by atoms with E-state index in [9.17, 15) is 14.9 Å². The number of nitrogens with zero attached hydrogens (tertiary/aromatic N) is 3. The van der Waals surface area contributed by atoms with Crippen LogP contribution in [-0.2, 0) is 16.1 Å². The van der Waals surface area contributed by atoms with Gasteiger partial charge in [-0.25, -0.2) is 0 Å². The summed E-state index contributed by atoms with van der Waals surface area (Å²) in [6.45, 7) is -0.160. The van der Waals surface area contributed by atoms with E-state index in [1.165, 1.54) is 13.3 Å². The highest BCUT2D eigenvalue weighted by Crippen LogP contribution is 2.20. The summed E-state index contributed by atoms with van der Waals surface area (Å²) >= 11 is 5.53. The molecule has 0 bridgehead atoms. The fourth-order valence-corrected chi connectivity index (χ4v) is 1.20. The van der Waals surface area contributed by atoms with Gasteiger partial charge in [-0.1, -0.05) is 11.6 Å². The fraction of sp³-hybridized carbons (Fsp3) is 0.429. The molecule has 7 nitrogen and oxygen atoms in total. The zero-order valence-corrected chi connectivity index (χ0v) is 8.60. The first-order valence-electron chi connectivity index (χ1n) is 3.92. The standard InChI is InChI=1S/C7H8ClN3O4/c1-15-4-5(12)2-10-3-6(8)7(9-10)11(13)14/h3H,2,4H2,1H3. The summed E-state index contributed by atoms with van der Waals surface area (Å²) in [5.41, 5.74) is 0. The second-order valence-electron chi connectivity index (χ2n) is 2.73. The average Bonchev–Trinajstić information content (AvgIpc) is 2.47. The molecule has 1 aromatic heterocycles. The molecule has 0 spiro atoms. The van der Waals surface area contributed by atoms with Gasteiger partial charge >= 0.3 is 5.82 Å². The minimum atomic E-state index is -0.709. The maximum absolute atomic E-state index is 11.1. The van der Waals surface area contributed by atoms with Gasteiger partial charge in [0.15, 0.2) is 10.8 Å². The lowest BCUT2D eigenvalue weighted by Crippen LogP contribution is -2.15.